The smallest absolute Gasteiger partial charge is 0.272 e. The van der Waals surface area contributed by atoms with Crippen LogP contribution in [0.5, 0.6) is 0 Å². The van der Waals surface area contributed by atoms with Crippen molar-refractivity contribution in [1.29, 1.82) is 0 Å². The lowest BCUT2D eigenvalue weighted by molar-refractivity contribution is -0.245. The van der Waals surface area contributed by atoms with Gasteiger partial charge in [0.25, 0.3) is 5.91 Å². The Bertz CT molecular complexity index is 1030. The van der Waals surface area contributed by atoms with Gasteiger partial charge in [0.1, 0.15) is 0 Å². The molecule has 6 heteroatoms. The van der Waals surface area contributed by atoms with E-state index in [1.807, 2.05) is 84.9 Å². The first kappa shape index (κ1) is 27.3. The number of nitrogens with zero attached hydrogens (tertiary/aromatic N) is 3. The van der Waals surface area contributed by atoms with Gasteiger partial charge < -0.3 is 10.5 Å². The van der Waals surface area contributed by atoms with Crippen LogP contribution in [0.4, 0.5) is 0 Å². The fourth-order valence-corrected chi connectivity index (χ4v) is 4.76. The Morgan fingerprint density at radius 2 is 1.76 bits per heavy atom. The molecule has 1 aromatic heterocycles. The van der Waals surface area contributed by atoms with Gasteiger partial charge in [-0.15, -0.1) is 0 Å². The van der Waals surface area contributed by atoms with E-state index in [0.29, 0.717) is 18.5 Å². The highest BCUT2D eigenvalue weighted by Crippen LogP contribution is 2.37. The molecule has 2 N–H and O–H groups in total. The maximum Gasteiger partial charge on any atom is 0.272 e. The van der Waals surface area contributed by atoms with Gasteiger partial charge in [-0.05, 0) is 73.0 Å². The van der Waals surface area contributed by atoms with E-state index in [9.17, 15) is 10.0 Å². The molecule has 0 aromatic carbocycles. The maximum atomic E-state index is 13.5. The van der Waals surface area contributed by atoms with Gasteiger partial charge in [0.2, 0.25) is 0 Å². The first-order valence-corrected chi connectivity index (χ1v) is 11.7. The molecule has 0 atom stereocenters. The third-order valence-corrected chi connectivity index (χ3v) is 6.22. The van der Waals surface area contributed by atoms with Gasteiger partial charge in [-0.25, -0.2) is 4.68 Å². The van der Waals surface area contributed by atoms with E-state index in [4.69, 9.17) is 5.10 Å². The fraction of sp³-hybridized carbons (Fsp3) is 0.429. The Morgan fingerprint density at radius 3 is 2.26 bits per heavy atom. The Hall–Kier alpha value is -2.96. The van der Waals surface area contributed by atoms with Crippen molar-refractivity contribution in [2.45, 2.75) is 78.4 Å². The predicted molar refractivity (Wildman–Crippen MR) is 142 cm³/mol. The number of hydroxylamine groups is 2. The summed E-state index contributed by atoms with van der Waals surface area (Å²) in [5, 5.41) is 19.9. The molecule has 0 aliphatic carbocycles. The molecule has 1 fully saturated rings. The van der Waals surface area contributed by atoms with Gasteiger partial charge >= 0.3 is 0 Å². The summed E-state index contributed by atoms with van der Waals surface area (Å²) in [7, 11) is 0. The first-order chi connectivity index (χ1) is 15.9. The molecule has 1 saturated heterocycles. The topological polar surface area (TPSA) is 70.4 Å². The monoisotopic (exact) mass is 464 g/mol. The number of aromatic nitrogens is 2. The highest BCUT2D eigenvalue weighted by molar-refractivity contribution is 5.96. The number of carbonyl (C=O) groups excluding carboxylic acids is 1. The summed E-state index contributed by atoms with van der Waals surface area (Å²) in [5.74, 6) is -0.224. The minimum Gasteiger partial charge on any atom is -0.348 e. The third kappa shape index (κ3) is 5.75. The van der Waals surface area contributed by atoms with Crippen molar-refractivity contribution in [3.05, 3.63) is 78.7 Å². The standard InChI is InChI=1S/C28H40N4O2/c1-10-14-16-21(12-3)25-20(5)24(30-31(25)23(13-4)17-15-11-2)26(33)29-22-18-27(6,7)32(34)28(8,9)19-22/h10-17,22,34H,2-3,18-19H2,1,4-9H3,(H,29,33)/b14-10-,17-15-,21-16+,23-13+. The van der Waals surface area contributed by atoms with Crippen LogP contribution < -0.4 is 5.32 Å². The second-order valence-corrected chi connectivity index (χ2v) is 9.91. The molecule has 0 unspecified atom stereocenters. The summed E-state index contributed by atoms with van der Waals surface area (Å²) in [5.41, 5.74) is 2.72. The summed E-state index contributed by atoms with van der Waals surface area (Å²) >= 11 is 0. The molecule has 0 bridgehead atoms. The van der Waals surface area contributed by atoms with E-state index in [0.717, 1.165) is 22.5 Å². The molecule has 1 aromatic rings. The van der Waals surface area contributed by atoms with Crippen LogP contribution in [0, 0.1) is 6.92 Å². The quantitative estimate of drug-likeness (QED) is 0.457. The summed E-state index contributed by atoms with van der Waals surface area (Å²) in [4.78, 5) is 13.5. The zero-order valence-electron chi connectivity index (χ0n) is 21.7. The Balaban J connectivity index is 2.54. The Morgan fingerprint density at radius 1 is 1.15 bits per heavy atom. The zero-order valence-corrected chi connectivity index (χ0v) is 21.7. The van der Waals surface area contributed by atoms with Gasteiger partial charge in [-0.1, -0.05) is 55.7 Å². The average molecular weight is 465 g/mol. The number of nitrogens with one attached hydrogen (secondary N) is 1. The van der Waals surface area contributed by atoms with Crippen molar-refractivity contribution in [3.8, 4) is 0 Å². The van der Waals surface area contributed by atoms with Crippen LogP contribution in [-0.4, -0.2) is 43.1 Å². The van der Waals surface area contributed by atoms with Crippen LogP contribution in [0.3, 0.4) is 0 Å². The number of amides is 1. The van der Waals surface area contributed by atoms with E-state index in [1.54, 1.807) is 16.8 Å². The van der Waals surface area contributed by atoms with Crippen LogP contribution in [0.15, 0.2) is 61.8 Å². The van der Waals surface area contributed by atoms with Gasteiger partial charge in [0.05, 0.1) is 11.4 Å². The van der Waals surface area contributed by atoms with Crippen LogP contribution in [0.2, 0.25) is 0 Å². The maximum absolute atomic E-state index is 13.5. The van der Waals surface area contributed by atoms with Crippen molar-refractivity contribution >= 4 is 17.2 Å². The van der Waals surface area contributed by atoms with Crippen molar-refractivity contribution in [1.82, 2.24) is 20.2 Å². The highest BCUT2D eigenvalue weighted by Gasteiger charge is 2.45. The second kappa shape index (κ2) is 11.0. The summed E-state index contributed by atoms with van der Waals surface area (Å²) in [6.07, 6.45) is 16.3. The summed E-state index contributed by atoms with van der Waals surface area (Å²) in [6, 6.07) is -0.0896. The highest BCUT2D eigenvalue weighted by atomic mass is 16.5. The zero-order chi connectivity index (χ0) is 25.7. The molecule has 2 heterocycles. The fourth-order valence-electron chi connectivity index (χ4n) is 4.76. The van der Waals surface area contributed by atoms with E-state index in [-0.39, 0.29) is 11.9 Å². The van der Waals surface area contributed by atoms with Gasteiger partial charge in [-0.2, -0.15) is 10.2 Å². The lowest BCUT2D eigenvalue weighted by Gasteiger charge is -2.51. The summed E-state index contributed by atoms with van der Waals surface area (Å²) < 4.78 is 1.78. The van der Waals surface area contributed by atoms with Gasteiger partial charge in [0.15, 0.2) is 5.69 Å². The molecule has 0 radical (unpaired) electrons. The van der Waals surface area contributed by atoms with E-state index in [1.165, 1.54) is 5.06 Å². The minimum atomic E-state index is -0.460. The molecule has 1 aliphatic heterocycles. The SMILES string of the molecule is C=C/C=C\C(=C/C)n1nc(C(=O)NC2CC(C)(C)N(O)C(C)(C)C2)c(C)c1/C(C=C)=C/C=C\C. The van der Waals surface area contributed by atoms with Crippen molar-refractivity contribution in [2.75, 3.05) is 0 Å². The molecule has 1 aliphatic rings. The number of carbonyl (C=O) groups is 1. The Labute approximate surface area is 204 Å². The van der Waals surface area contributed by atoms with Crippen LogP contribution >= 0.6 is 0 Å². The largest absolute Gasteiger partial charge is 0.348 e. The Kier molecular flexibility index (Phi) is 8.81. The van der Waals surface area contributed by atoms with Crippen LogP contribution in [-0.2, 0) is 0 Å². The molecular formula is C28H40N4O2. The molecule has 184 valence electrons. The predicted octanol–water partition coefficient (Wildman–Crippen LogP) is 6.08. The molecule has 0 spiro atoms. The molecular weight excluding hydrogens is 424 g/mol. The summed E-state index contributed by atoms with van der Waals surface area (Å²) in [6.45, 7) is 21.5. The number of hydrogen-bond donors (Lipinski definition) is 2. The first-order valence-electron chi connectivity index (χ1n) is 11.7. The van der Waals surface area contributed by atoms with E-state index < -0.39 is 11.1 Å². The molecule has 2 rings (SSSR count). The molecule has 1 amide bonds. The van der Waals surface area contributed by atoms with Crippen LogP contribution in [0.25, 0.3) is 11.3 Å². The van der Waals surface area contributed by atoms with Crippen molar-refractivity contribution in [2.24, 2.45) is 0 Å². The number of rotatable bonds is 8. The van der Waals surface area contributed by atoms with Crippen LogP contribution in [0.1, 0.15) is 76.1 Å². The number of allylic oxidation sites excluding steroid dienone is 10. The van der Waals surface area contributed by atoms with Crippen molar-refractivity contribution < 1.29 is 10.0 Å². The minimum absolute atomic E-state index is 0.0896. The lowest BCUT2D eigenvalue weighted by atomic mass is 9.79. The number of hydrogen-bond acceptors (Lipinski definition) is 4. The van der Waals surface area contributed by atoms with Gasteiger partial charge in [-0.3, -0.25) is 4.79 Å². The normalized spacial score (nSPS) is 19.6. The molecule has 34 heavy (non-hydrogen) atoms. The van der Waals surface area contributed by atoms with Crippen molar-refractivity contribution in [3.63, 3.8) is 0 Å². The van der Waals surface area contributed by atoms with Gasteiger partial charge in [0, 0.05) is 22.7 Å². The van der Waals surface area contributed by atoms with E-state index >= 15 is 0 Å². The average Bonchev–Trinajstić information content (AvgIpc) is 3.10. The molecule has 6 nitrogen and oxygen atoms in total. The third-order valence-electron chi connectivity index (χ3n) is 6.22. The van der Waals surface area contributed by atoms with E-state index in [2.05, 4.69) is 18.5 Å². The second-order valence-electron chi connectivity index (χ2n) is 9.91. The lowest BCUT2D eigenvalue weighted by Crippen LogP contribution is -2.63. The molecule has 0 saturated carbocycles. The number of piperidine rings is 1.